The van der Waals surface area contributed by atoms with E-state index in [-0.39, 0.29) is 12.2 Å². The van der Waals surface area contributed by atoms with E-state index < -0.39 is 5.97 Å². The zero-order valence-electron chi connectivity index (χ0n) is 17.4. The lowest BCUT2D eigenvalue weighted by Crippen LogP contribution is -2.49. The summed E-state index contributed by atoms with van der Waals surface area (Å²) in [4.78, 5) is 22.3. The molecule has 2 heterocycles. The summed E-state index contributed by atoms with van der Waals surface area (Å²) in [6.45, 7) is 5.57. The van der Waals surface area contributed by atoms with E-state index in [9.17, 15) is 9.90 Å². The first-order chi connectivity index (χ1) is 15.1. The van der Waals surface area contributed by atoms with E-state index in [1.54, 1.807) is 23.9 Å². The van der Waals surface area contributed by atoms with E-state index in [4.69, 9.17) is 14.8 Å². The van der Waals surface area contributed by atoms with E-state index in [0.29, 0.717) is 19.6 Å². The molecule has 0 amide bonds. The number of carboxylic acids is 1. The molecule has 1 fully saturated rings. The van der Waals surface area contributed by atoms with Gasteiger partial charge in [0.05, 0.1) is 12.3 Å². The molecule has 2 aliphatic heterocycles. The number of aliphatic imine (C=N–C) groups is 1. The Balaban J connectivity index is 1.38. The topological polar surface area (TPSA) is 85.6 Å². The maximum atomic E-state index is 10.5. The Morgan fingerprint density at radius 2 is 1.87 bits per heavy atom. The molecular weight excluding hydrogens is 414 g/mol. The van der Waals surface area contributed by atoms with Crippen molar-refractivity contribution < 1.29 is 19.7 Å². The molecule has 2 aromatic carbocycles. The molecule has 0 unspecified atom stereocenters. The Hall–Kier alpha value is -2.55. The van der Waals surface area contributed by atoms with Gasteiger partial charge in [-0.05, 0) is 30.7 Å². The third-order valence-corrected chi connectivity index (χ3v) is 6.54. The lowest BCUT2D eigenvalue weighted by molar-refractivity contribution is -0.137. The molecule has 0 spiro atoms. The van der Waals surface area contributed by atoms with Gasteiger partial charge in [-0.25, -0.2) is 4.99 Å². The number of phenolic OH excluding ortho intramolecular Hbond substituents is 1. The Bertz CT molecular complexity index is 958. The fourth-order valence-corrected chi connectivity index (χ4v) is 4.81. The number of fused-ring (bicyclic) bond motifs is 2. The second-order valence-corrected chi connectivity index (χ2v) is 8.71. The van der Waals surface area contributed by atoms with Crippen LogP contribution in [0.15, 0.2) is 57.2 Å². The van der Waals surface area contributed by atoms with Crippen molar-refractivity contribution in [1.29, 1.82) is 0 Å². The highest BCUT2D eigenvalue weighted by Crippen LogP contribution is 2.42. The molecule has 164 valence electrons. The van der Waals surface area contributed by atoms with Crippen molar-refractivity contribution >= 4 is 29.3 Å². The van der Waals surface area contributed by atoms with Crippen LogP contribution in [0.4, 0.5) is 5.69 Å². The van der Waals surface area contributed by atoms with Gasteiger partial charge in [-0.1, -0.05) is 30.0 Å². The van der Waals surface area contributed by atoms with Crippen molar-refractivity contribution in [2.24, 2.45) is 4.99 Å². The number of aliphatic carboxylic acids is 1. The number of nitrogens with zero attached hydrogens (tertiary/aromatic N) is 3. The van der Waals surface area contributed by atoms with Crippen molar-refractivity contribution in [2.75, 3.05) is 45.9 Å². The molecule has 0 aromatic heterocycles. The quantitative estimate of drug-likeness (QED) is 0.637. The lowest BCUT2D eigenvalue weighted by atomic mass is 10.1. The number of hydrogen-bond donors (Lipinski definition) is 2. The van der Waals surface area contributed by atoms with Crippen LogP contribution in [0.25, 0.3) is 0 Å². The van der Waals surface area contributed by atoms with Crippen LogP contribution in [0.1, 0.15) is 18.4 Å². The summed E-state index contributed by atoms with van der Waals surface area (Å²) in [6.07, 6.45) is 0.711. The van der Waals surface area contributed by atoms with Gasteiger partial charge in [0.25, 0.3) is 0 Å². The van der Waals surface area contributed by atoms with Gasteiger partial charge in [-0.2, -0.15) is 0 Å². The van der Waals surface area contributed by atoms with Crippen LogP contribution < -0.4 is 0 Å². The first-order valence-electron chi connectivity index (χ1n) is 10.6. The maximum Gasteiger partial charge on any atom is 0.303 e. The number of phenols is 1. The van der Waals surface area contributed by atoms with Crippen molar-refractivity contribution in [3.8, 4) is 5.75 Å². The van der Waals surface area contributed by atoms with Crippen LogP contribution in [-0.4, -0.2) is 77.8 Å². The maximum absolute atomic E-state index is 10.5. The third kappa shape index (κ3) is 5.58. The van der Waals surface area contributed by atoms with Crippen LogP contribution in [0.5, 0.6) is 5.75 Å². The molecule has 0 bridgehead atoms. The highest BCUT2D eigenvalue weighted by Gasteiger charge is 2.25. The minimum absolute atomic E-state index is 0.156. The molecular formula is C23H27N3O4S. The first kappa shape index (κ1) is 21.7. The number of aromatic hydroxyl groups is 1. The van der Waals surface area contributed by atoms with Gasteiger partial charge in [0.15, 0.2) is 0 Å². The number of hydrogen-bond acceptors (Lipinski definition) is 7. The number of amidine groups is 1. The molecule has 0 aliphatic carbocycles. The fraction of sp³-hybridized carbons (Fsp3) is 0.391. The van der Waals surface area contributed by atoms with E-state index in [1.165, 1.54) is 0 Å². The first-order valence-corrected chi connectivity index (χ1v) is 11.4. The van der Waals surface area contributed by atoms with Gasteiger partial charge in [0, 0.05) is 61.1 Å². The van der Waals surface area contributed by atoms with Crippen LogP contribution in [0.3, 0.4) is 0 Å². The Morgan fingerprint density at radius 1 is 1.06 bits per heavy atom. The normalized spacial score (nSPS) is 16.3. The molecule has 2 aromatic rings. The number of piperazine rings is 1. The second-order valence-electron chi connectivity index (χ2n) is 7.62. The summed E-state index contributed by atoms with van der Waals surface area (Å²) < 4.78 is 5.58. The summed E-state index contributed by atoms with van der Waals surface area (Å²) in [7, 11) is 0. The number of rotatable bonds is 7. The molecule has 31 heavy (non-hydrogen) atoms. The molecule has 2 N–H and O–H groups in total. The summed E-state index contributed by atoms with van der Waals surface area (Å²) >= 11 is 1.64. The molecule has 7 nitrogen and oxygen atoms in total. The molecule has 8 heteroatoms. The number of carboxylic acid groups (broad SMARTS) is 1. The molecule has 1 saturated heterocycles. The van der Waals surface area contributed by atoms with Gasteiger partial charge >= 0.3 is 5.97 Å². The highest BCUT2D eigenvalue weighted by atomic mass is 32.2. The number of carbonyl (C=O) groups is 1. The second kappa shape index (κ2) is 10.2. The van der Waals surface area contributed by atoms with E-state index in [2.05, 4.69) is 21.9 Å². The number of ether oxygens (including phenoxy) is 1. The SMILES string of the molecule is O=C(O)CCCOCCN1CCN(C2=Nc3ccc(O)cc3Sc3ccccc32)CC1. The predicted octanol–water partition coefficient (Wildman–Crippen LogP) is 3.43. The Morgan fingerprint density at radius 3 is 2.68 bits per heavy atom. The lowest BCUT2D eigenvalue weighted by Gasteiger charge is -2.36. The average Bonchev–Trinajstić information content (AvgIpc) is 2.92. The number of benzene rings is 2. The summed E-state index contributed by atoms with van der Waals surface area (Å²) in [6, 6.07) is 13.6. The highest BCUT2D eigenvalue weighted by molar-refractivity contribution is 7.99. The van der Waals surface area contributed by atoms with E-state index >= 15 is 0 Å². The van der Waals surface area contributed by atoms with Gasteiger partial charge in [-0.3, -0.25) is 9.69 Å². The minimum atomic E-state index is -0.777. The molecule has 2 aliphatic rings. The monoisotopic (exact) mass is 441 g/mol. The summed E-state index contributed by atoms with van der Waals surface area (Å²) in [5, 5.41) is 18.6. The predicted molar refractivity (Wildman–Crippen MR) is 121 cm³/mol. The van der Waals surface area contributed by atoms with Crippen molar-refractivity contribution in [3.05, 3.63) is 48.0 Å². The van der Waals surface area contributed by atoms with Crippen LogP contribution in [0, 0.1) is 0 Å². The van der Waals surface area contributed by atoms with Crippen molar-refractivity contribution in [1.82, 2.24) is 9.80 Å². The smallest absolute Gasteiger partial charge is 0.303 e. The van der Waals surface area contributed by atoms with Crippen LogP contribution >= 0.6 is 11.8 Å². The summed E-state index contributed by atoms with van der Waals surface area (Å²) in [5.74, 6) is 0.457. The van der Waals surface area contributed by atoms with Crippen molar-refractivity contribution in [3.63, 3.8) is 0 Å². The van der Waals surface area contributed by atoms with Gasteiger partial charge in [0.2, 0.25) is 0 Å². The zero-order chi connectivity index (χ0) is 21.6. The van der Waals surface area contributed by atoms with Gasteiger partial charge < -0.3 is 19.8 Å². The fourth-order valence-electron chi connectivity index (χ4n) is 3.76. The minimum Gasteiger partial charge on any atom is -0.508 e. The third-order valence-electron chi connectivity index (χ3n) is 5.42. The van der Waals surface area contributed by atoms with Gasteiger partial charge in [0.1, 0.15) is 11.6 Å². The molecule has 4 rings (SSSR count). The molecule has 0 radical (unpaired) electrons. The molecule has 0 atom stereocenters. The largest absolute Gasteiger partial charge is 0.508 e. The standard InChI is InChI=1S/C23H27N3O4S/c27-17-7-8-19-21(16-17)31-20-5-2-1-4-18(20)23(24-19)26-11-9-25(10-12-26)13-15-30-14-3-6-22(28)29/h1-2,4-5,7-8,16,27H,3,6,9-15H2,(H,28,29). The van der Waals surface area contributed by atoms with Crippen LogP contribution in [-0.2, 0) is 9.53 Å². The Labute approximate surface area is 186 Å². The van der Waals surface area contributed by atoms with Gasteiger partial charge in [-0.15, -0.1) is 0 Å². The van der Waals surface area contributed by atoms with Crippen LogP contribution in [0.2, 0.25) is 0 Å². The van der Waals surface area contributed by atoms with E-state index in [0.717, 1.165) is 59.6 Å². The summed E-state index contributed by atoms with van der Waals surface area (Å²) in [5.41, 5.74) is 2.00. The average molecular weight is 442 g/mol. The molecule has 0 saturated carbocycles. The van der Waals surface area contributed by atoms with Crippen molar-refractivity contribution in [2.45, 2.75) is 22.6 Å². The zero-order valence-corrected chi connectivity index (χ0v) is 18.2. The van der Waals surface area contributed by atoms with E-state index in [1.807, 2.05) is 18.2 Å². The Kier molecular flexibility index (Phi) is 7.11.